The van der Waals surface area contributed by atoms with Crippen molar-refractivity contribution in [2.45, 2.75) is 6.92 Å². The zero-order chi connectivity index (χ0) is 16.8. The third kappa shape index (κ3) is 5.39. The van der Waals surface area contributed by atoms with Gasteiger partial charge >= 0.3 is 11.8 Å². The van der Waals surface area contributed by atoms with E-state index in [9.17, 15) is 9.59 Å². The van der Waals surface area contributed by atoms with Gasteiger partial charge in [-0.2, -0.15) is 5.10 Å². The number of rotatable bonds is 3. The van der Waals surface area contributed by atoms with Crippen molar-refractivity contribution in [3.05, 3.63) is 63.6 Å². The van der Waals surface area contributed by atoms with Gasteiger partial charge in [0.1, 0.15) is 0 Å². The quantitative estimate of drug-likeness (QED) is 0.506. The third-order valence-corrected chi connectivity index (χ3v) is 3.22. The van der Waals surface area contributed by atoms with Gasteiger partial charge in [-0.05, 0) is 30.7 Å². The predicted molar refractivity (Wildman–Crippen MR) is 92.0 cm³/mol. The predicted octanol–water partition coefficient (Wildman–Crippen LogP) is 3.39. The molecule has 0 bridgehead atoms. The average Bonchev–Trinajstić information content (AvgIpc) is 2.48. The topological polar surface area (TPSA) is 70.6 Å². The van der Waals surface area contributed by atoms with E-state index in [1.807, 2.05) is 31.2 Å². The summed E-state index contributed by atoms with van der Waals surface area (Å²) in [7, 11) is 0. The molecule has 0 aliphatic heterocycles. The molecule has 2 amide bonds. The summed E-state index contributed by atoms with van der Waals surface area (Å²) in [6.45, 7) is 1.97. The van der Waals surface area contributed by atoms with Crippen LogP contribution in [0.25, 0.3) is 0 Å². The Labute approximate surface area is 143 Å². The van der Waals surface area contributed by atoms with Gasteiger partial charge in [0.2, 0.25) is 0 Å². The van der Waals surface area contributed by atoms with Gasteiger partial charge in [-0.25, -0.2) is 5.43 Å². The molecule has 0 radical (unpaired) electrons. The number of carbonyl (C=O) groups is 2. The van der Waals surface area contributed by atoms with Gasteiger partial charge in [0.05, 0.1) is 6.21 Å². The molecule has 7 heteroatoms. The number of benzene rings is 2. The highest BCUT2D eigenvalue weighted by Gasteiger charge is 2.13. The fourth-order valence-electron chi connectivity index (χ4n) is 1.68. The molecule has 0 heterocycles. The van der Waals surface area contributed by atoms with E-state index in [1.54, 1.807) is 0 Å². The van der Waals surface area contributed by atoms with Gasteiger partial charge in [-0.1, -0.05) is 53.0 Å². The maximum absolute atomic E-state index is 11.7. The Morgan fingerprint density at radius 3 is 2.22 bits per heavy atom. The lowest BCUT2D eigenvalue weighted by molar-refractivity contribution is -0.136. The van der Waals surface area contributed by atoms with Crippen LogP contribution in [-0.4, -0.2) is 18.0 Å². The highest BCUT2D eigenvalue weighted by atomic mass is 35.5. The minimum absolute atomic E-state index is 0.324. The number of hydrogen-bond acceptors (Lipinski definition) is 3. The zero-order valence-electron chi connectivity index (χ0n) is 12.1. The standard InChI is InChI=1S/C16H13Cl2N3O2/c1-10-2-4-11(5-3-10)9-19-21-16(23)15(22)20-14-7-12(17)6-13(18)8-14/h2-9H,1H3,(H,20,22)(H,21,23)/b19-9+. The minimum atomic E-state index is -0.899. The van der Waals surface area contributed by atoms with Crippen LogP contribution in [0.3, 0.4) is 0 Å². The molecule has 0 atom stereocenters. The zero-order valence-corrected chi connectivity index (χ0v) is 13.7. The smallest absolute Gasteiger partial charge is 0.318 e. The molecule has 2 aromatic rings. The summed E-state index contributed by atoms with van der Waals surface area (Å²) < 4.78 is 0. The molecule has 2 rings (SSSR count). The van der Waals surface area contributed by atoms with Gasteiger partial charge in [0.15, 0.2) is 0 Å². The lowest BCUT2D eigenvalue weighted by Gasteiger charge is -2.05. The molecule has 23 heavy (non-hydrogen) atoms. The Morgan fingerprint density at radius 1 is 1.00 bits per heavy atom. The molecular formula is C16H13Cl2N3O2. The first-order chi connectivity index (χ1) is 10.9. The highest BCUT2D eigenvalue weighted by Crippen LogP contribution is 2.22. The van der Waals surface area contributed by atoms with Crippen molar-refractivity contribution in [1.82, 2.24) is 5.43 Å². The van der Waals surface area contributed by atoms with Crippen molar-refractivity contribution in [2.24, 2.45) is 5.10 Å². The molecule has 118 valence electrons. The number of nitrogens with zero attached hydrogens (tertiary/aromatic N) is 1. The summed E-state index contributed by atoms with van der Waals surface area (Å²) in [5.74, 6) is -1.77. The van der Waals surface area contributed by atoms with Crippen molar-refractivity contribution >= 4 is 46.9 Å². The molecule has 0 aliphatic carbocycles. The van der Waals surface area contributed by atoms with E-state index in [0.29, 0.717) is 15.7 Å². The van der Waals surface area contributed by atoms with Crippen LogP contribution < -0.4 is 10.7 Å². The second-order valence-corrected chi connectivity index (χ2v) is 5.59. The van der Waals surface area contributed by atoms with Crippen molar-refractivity contribution in [2.75, 3.05) is 5.32 Å². The van der Waals surface area contributed by atoms with Crippen LogP contribution in [0.1, 0.15) is 11.1 Å². The van der Waals surface area contributed by atoms with Crippen LogP contribution in [0.2, 0.25) is 10.0 Å². The van der Waals surface area contributed by atoms with E-state index in [1.165, 1.54) is 24.4 Å². The van der Waals surface area contributed by atoms with Gasteiger partial charge < -0.3 is 5.32 Å². The van der Waals surface area contributed by atoms with Crippen LogP contribution in [0.4, 0.5) is 5.69 Å². The molecule has 0 saturated carbocycles. The van der Waals surface area contributed by atoms with Gasteiger partial charge in [-0.15, -0.1) is 0 Å². The van der Waals surface area contributed by atoms with Gasteiger partial charge in [-0.3, -0.25) is 9.59 Å². The molecule has 0 aromatic heterocycles. The second kappa shape index (κ2) is 7.76. The van der Waals surface area contributed by atoms with E-state index in [2.05, 4.69) is 15.8 Å². The van der Waals surface area contributed by atoms with E-state index in [4.69, 9.17) is 23.2 Å². The van der Waals surface area contributed by atoms with Crippen LogP contribution in [0.15, 0.2) is 47.6 Å². The second-order valence-electron chi connectivity index (χ2n) is 4.72. The molecular weight excluding hydrogens is 337 g/mol. The van der Waals surface area contributed by atoms with Crippen molar-refractivity contribution in [3.8, 4) is 0 Å². The third-order valence-electron chi connectivity index (χ3n) is 2.78. The minimum Gasteiger partial charge on any atom is -0.318 e. The summed E-state index contributed by atoms with van der Waals surface area (Å²) >= 11 is 11.6. The first-order valence-electron chi connectivity index (χ1n) is 6.61. The van der Waals surface area contributed by atoms with Gasteiger partial charge in [0.25, 0.3) is 0 Å². The van der Waals surface area contributed by atoms with E-state index in [-0.39, 0.29) is 0 Å². The molecule has 0 unspecified atom stereocenters. The number of amides is 2. The number of hydrazone groups is 1. The number of nitrogens with one attached hydrogen (secondary N) is 2. The molecule has 0 spiro atoms. The molecule has 0 aliphatic rings. The van der Waals surface area contributed by atoms with Gasteiger partial charge in [0, 0.05) is 15.7 Å². The number of hydrogen-bond donors (Lipinski definition) is 2. The number of carbonyl (C=O) groups excluding carboxylic acids is 2. The van der Waals surface area contributed by atoms with Crippen LogP contribution in [-0.2, 0) is 9.59 Å². The lowest BCUT2D eigenvalue weighted by atomic mass is 10.2. The Hall–Kier alpha value is -2.37. The van der Waals surface area contributed by atoms with Crippen LogP contribution in [0, 0.1) is 6.92 Å². The van der Waals surface area contributed by atoms with Crippen LogP contribution in [0.5, 0.6) is 0 Å². The van der Waals surface area contributed by atoms with E-state index >= 15 is 0 Å². The molecule has 0 fully saturated rings. The SMILES string of the molecule is Cc1ccc(/C=N/NC(=O)C(=O)Nc2cc(Cl)cc(Cl)c2)cc1. The summed E-state index contributed by atoms with van der Waals surface area (Å²) in [4.78, 5) is 23.4. The monoisotopic (exact) mass is 349 g/mol. The number of anilines is 1. The molecule has 2 N–H and O–H groups in total. The summed E-state index contributed by atoms with van der Waals surface area (Å²) in [6, 6.07) is 12.0. The Bertz CT molecular complexity index is 738. The Balaban J connectivity index is 1.92. The fraction of sp³-hybridized carbons (Fsp3) is 0.0625. The first kappa shape index (κ1) is 17.0. The maximum atomic E-state index is 11.7. The summed E-state index contributed by atoms with van der Waals surface area (Å²) in [5.41, 5.74) is 4.39. The fourth-order valence-corrected chi connectivity index (χ4v) is 2.21. The molecule has 2 aromatic carbocycles. The van der Waals surface area contributed by atoms with Crippen LogP contribution >= 0.6 is 23.2 Å². The normalized spacial score (nSPS) is 10.6. The molecule has 0 saturated heterocycles. The maximum Gasteiger partial charge on any atom is 0.329 e. The summed E-state index contributed by atoms with van der Waals surface area (Å²) in [5, 5.41) is 6.82. The Morgan fingerprint density at radius 2 is 1.61 bits per heavy atom. The van der Waals surface area contributed by atoms with Crippen molar-refractivity contribution in [3.63, 3.8) is 0 Å². The van der Waals surface area contributed by atoms with E-state index < -0.39 is 11.8 Å². The van der Waals surface area contributed by atoms with E-state index in [0.717, 1.165) is 11.1 Å². The number of aryl methyl sites for hydroxylation is 1. The number of halogens is 2. The Kier molecular flexibility index (Phi) is 5.73. The first-order valence-corrected chi connectivity index (χ1v) is 7.37. The highest BCUT2D eigenvalue weighted by molar-refractivity contribution is 6.40. The molecule has 5 nitrogen and oxygen atoms in total. The average molecular weight is 350 g/mol. The lowest BCUT2D eigenvalue weighted by Crippen LogP contribution is -2.32. The van der Waals surface area contributed by atoms with Crippen molar-refractivity contribution < 1.29 is 9.59 Å². The van der Waals surface area contributed by atoms with Crippen molar-refractivity contribution in [1.29, 1.82) is 0 Å². The largest absolute Gasteiger partial charge is 0.329 e. The summed E-state index contributed by atoms with van der Waals surface area (Å²) in [6.07, 6.45) is 1.45.